The van der Waals surface area contributed by atoms with Crippen molar-refractivity contribution in [1.82, 2.24) is 10.3 Å². The van der Waals surface area contributed by atoms with Crippen LogP contribution in [0, 0.1) is 0 Å². The van der Waals surface area contributed by atoms with E-state index in [1.165, 1.54) is 6.07 Å². The summed E-state index contributed by atoms with van der Waals surface area (Å²) in [5.41, 5.74) is 0.172. The largest absolute Gasteiger partial charge is 0.469 e. The zero-order valence-corrected chi connectivity index (χ0v) is 13.3. The van der Waals surface area contributed by atoms with Gasteiger partial charge in [-0.25, -0.2) is 4.98 Å². The molecule has 0 saturated carbocycles. The number of hydrogen-bond acceptors (Lipinski definition) is 3. The number of nitrogens with zero attached hydrogens (tertiary/aromatic N) is 1. The van der Waals surface area contributed by atoms with E-state index in [2.05, 4.69) is 10.3 Å². The summed E-state index contributed by atoms with van der Waals surface area (Å²) >= 11 is 0. The van der Waals surface area contributed by atoms with Crippen molar-refractivity contribution in [3.63, 3.8) is 0 Å². The maximum atomic E-state index is 12.5. The SMILES string of the molecule is CNCCC(Oc1ccc(C(F)(F)F)cn1)c1ccccc1.Cl. The third-order valence-electron chi connectivity index (χ3n) is 3.15. The number of alkyl halides is 3. The molecule has 0 radical (unpaired) electrons. The Morgan fingerprint density at radius 3 is 2.35 bits per heavy atom. The standard InChI is InChI=1S/C16H17F3N2O.ClH/c1-20-10-9-14(12-5-3-2-4-6-12)22-15-8-7-13(11-21-15)16(17,18)19;/h2-8,11,14,20H,9-10H2,1H3;1H. The molecular formula is C16H18ClF3N2O. The lowest BCUT2D eigenvalue weighted by Crippen LogP contribution is -2.16. The van der Waals surface area contributed by atoms with Gasteiger partial charge in [0.05, 0.1) is 5.56 Å². The topological polar surface area (TPSA) is 34.1 Å². The van der Waals surface area contributed by atoms with Gasteiger partial charge in [-0.1, -0.05) is 30.3 Å². The molecule has 23 heavy (non-hydrogen) atoms. The van der Waals surface area contributed by atoms with E-state index in [0.717, 1.165) is 24.4 Å². The summed E-state index contributed by atoms with van der Waals surface area (Å²) in [6, 6.07) is 11.8. The Balaban J connectivity index is 0.00000264. The van der Waals surface area contributed by atoms with Crippen LogP contribution in [-0.4, -0.2) is 18.6 Å². The van der Waals surface area contributed by atoms with Crippen LogP contribution in [0.4, 0.5) is 13.2 Å². The molecule has 0 amide bonds. The highest BCUT2D eigenvalue weighted by Gasteiger charge is 2.30. The highest BCUT2D eigenvalue weighted by atomic mass is 35.5. The lowest BCUT2D eigenvalue weighted by atomic mass is 10.1. The van der Waals surface area contributed by atoms with Crippen LogP contribution < -0.4 is 10.1 Å². The van der Waals surface area contributed by atoms with Crippen LogP contribution in [0.2, 0.25) is 0 Å². The van der Waals surface area contributed by atoms with Gasteiger partial charge in [0.1, 0.15) is 6.10 Å². The van der Waals surface area contributed by atoms with Gasteiger partial charge in [0.2, 0.25) is 5.88 Å². The third-order valence-corrected chi connectivity index (χ3v) is 3.15. The predicted molar refractivity (Wildman–Crippen MR) is 84.8 cm³/mol. The zero-order valence-electron chi connectivity index (χ0n) is 12.5. The fraction of sp³-hybridized carbons (Fsp3) is 0.312. The average Bonchev–Trinajstić information content (AvgIpc) is 2.52. The quantitative estimate of drug-likeness (QED) is 0.849. The van der Waals surface area contributed by atoms with Gasteiger partial charge in [-0.05, 0) is 25.2 Å². The molecule has 0 fully saturated rings. The zero-order chi connectivity index (χ0) is 16.0. The van der Waals surface area contributed by atoms with Crippen molar-refractivity contribution >= 4 is 12.4 Å². The minimum atomic E-state index is -4.39. The van der Waals surface area contributed by atoms with Crippen molar-refractivity contribution in [3.8, 4) is 5.88 Å². The normalized spacial score (nSPS) is 12.3. The fourth-order valence-electron chi connectivity index (χ4n) is 2.00. The number of ether oxygens (including phenoxy) is 1. The Bertz CT molecular complexity index is 576. The van der Waals surface area contributed by atoms with E-state index < -0.39 is 11.7 Å². The van der Waals surface area contributed by atoms with Crippen molar-refractivity contribution in [2.24, 2.45) is 0 Å². The van der Waals surface area contributed by atoms with Crippen LogP contribution in [0.3, 0.4) is 0 Å². The van der Waals surface area contributed by atoms with E-state index in [0.29, 0.717) is 6.42 Å². The fourth-order valence-corrected chi connectivity index (χ4v) is 2.00. The molecular weight excluding hydrogens is 329 g/mol. The number of rotatable bonds is 6. The molecule has 0 saturated heterocycles. The van der Waals surface area contributed by atoms with E-state index in [9.17, 15) is 13.2 Å². The van der Waals surface area contributed by atoms with Gasteiger partial charge in [0, 0.05) is 18.7 Å². The molecule has 0 aliphatic heterocycles. The van der Waals surface area contributed by atoms with Crippen LogP contribution in [0.1, 0.15) is 23.7 Å². The summed E-state index contributed by atoms with van der Waals surface area (Å²) in [4.78, 5) is 3.76. The van der Waals surface area contributed by atoms with E-state index in [-0.39, 0.29) is 24.4 Å². The Morgan fingerprint density at radius 2 is 1.83 bits per heavy atom. The van der Waals surface area contributed by atoms with Gasteiger partial charge in [-0.15, -0.1) is 12.4 Å². The van der Waals surface area contributed by atoms with Crippen molar-refractivity contribution in [1.29, 1.82) is 0 Å². The molecule has 126 valence electrons. The molecule has 0 aliphatic rings. The average molecular weight is 347 g/mol. The van der Waals surface area contributed by atoms with Gasteiger partial charge in [0.15, 0.2) is 0 Å². The summed E-state index contributed by atoms with van der Waals surface area (Å²) in [6.07, 6.45) is -3.19. The van der Waals surface area contributed by atoms with Crippen molar-refractivity contribution in [3.05, 3.63) is 59.8 Å². The van der Waals surface area contributed by atoms with Gasteiger partial charge in [0.25, 0.3) is 0 Å². The molecule has 1 aromatic carbocycles. The molecule has 1 unspecified atom stereocenters. The Labute approximate surface area is 139 Å². The van der Waals surface area contributed by atoms with Gasteiger partial charge in [-0.2, -0.15) is 13.2 Å². The van der Waals surface area contributed by atoms with Crippen LogP contribution in [0.15, 0.2) is 48.7 Å². The van der Waals surface area contributed by atoms with E-state index in [4.69, 9.17) is 4.74 Å². The number of nitrogens with one attached hydrogen (secondary N) is 1. The molecule has 1 aromatic heterocycles. The van der Waals surface area contributed by atoms with Crippen LogP contribution in [0.25, 0.3) is 0 Å². The number of benzene rings is 1. The molecule has 7 heteroatoms. The minimum Gasteiger partial charge on any atom is -0.469 e. The van der Waals surface area contributed by atoms with E-state index in [1.54, 1.807) is 0 Å². The second kappa shape index (κ2) is 8.74. The van der Waals surface area contributed by atoms with Gasteiger partial charge >= 0.3 is 6.18 Å². The second-order valence-corrected chi connectivity index (χ2v) is 4.79. The second-order valence-electron chi connectivity index (χ2n) is 4.79. The lowest BCUT2D eigenvalue weighted by molar-refractivity contribution is -0.137. The smallest absolute Gasteiger partial charge is 0.417 e. The van der Waals surface area contributed by atoms with Crippen molar-refractivity contribution in [2.45, 2.75) is 18.7 Å². The monoisotopic (exact) mass is 346 g/mol. The summed E-state index contributed by atoms with van der Waals surface area (Å²) in [7, 11) is 1.83. The van der Waals surface area contributed by atoms with E-state index >= 15 is 0 Å². The molecule has 1 N–H and O–H groups in total. The van der Waals surface area contributed by atoms with E-state index in [1.807, 2.05) is 37.4 Å². The highest BCUT2D eigenvalue weighted by molar-refractivity contribution is 5.85. The van der Waals surface area contributed by atoms with Crippen molar-refractivity contribution in [2.75, 3.05) is 13.6 Å². The number of aromatic nitrogens is 1. The molecule has 0 bridgehead atoms. The minimum absolute atomic E-state index is 0. The lowest BCUT2D eigenvalue weighted by Gasteiger charge is -2.19. The number of pyridine rings is 1. The van der Waals surface area contributed by atoms with Crippen LogP contribution >= 0.6 is 12.4 Å². The first-order valence-corrected chi connectivity index (χ1v) is 6.90. The molecule has 0 aliphatic carbocycles. The first-order chi connectivity index (χ1) is 10.5. The maximum absolute atomic E-state index is 12.5. The third kappa shape index (κ3) is 5.73. The van der Waals surface area contributed by atoms with Crippen LogP contribution in [0.5, 0.6) is 5.88 Å². The van der Waals surface area contributed by atoms with Crippen LogP contribution in [-0.2, 0) is 6.18 Å². The predicted octanol–water partition coefficient (Wildman–Crippen LogP) is 4.25. The molecule has 2 rings (SSSR count). The Morgan fingerprint density at radius 1 is 1.13 bits per heavy atom. The molecule has 0 spiro atoms. The molecule has 1 heterocycles. The Kier molecular flexibility index (Phi) is 7.32. The summed E-state index contributed by atoms with van der Waals surface area (Å²) in [5.74, 6) is 0.179. The van der Waals surface area contributed by atoms with Gasteiger partial charge in [-0.3, -0.25) is 0 Å². The number of halogens is 4. The highest BCUT2D eigenvalue weighted by Crippen LogP contribution is 2.30. The first-order valence-electron chi connectivity index (χ1n) is 6.90. The summed E-state index contributed by atoms with van der Waals surface area (Å²) < 4.78 is 43.3. The Hall–Kier alpha value is -1.79. The molecule has 3 nitrogen and oxygen atoms in total. The maximum Gasteiger partial charge on any atom is 0.417 e. The number of hydrogen-bond donors (Lipinski definition) is 1. The summed E-state index contributed by atoms with van der Waals surface area (Å²) in [5, 5.41) is 3.03. The molecule has 1 atom stereocenters. The van der Waals surface area contributed by atoms with Gasteiger partial charge < -0.3 is 10.1 Å². The summed E-state index contributed by atoms with van der Waals surface area (Å²) in [6.45, 7) is 0.722. The van der Waals surface area contributed by atoms with Crippen molar-refractivity contribution < 1.29 is 17.9 Å². The first kappa shape index (κ1) is 19.3. The molecule has 2 aromatic rings.